The van der Waals surface area contributed by atoms with Crippen molar-refractivity contribution in [3.8, 4) is 0 Å². The Hall–Kier alpha value is -2.91. The summed E-state index contributed by atoms with van der Waals surface area (Å²) in [6.45, 7) is 2.33. The molecule has 2 aromatic carbocycles. The highest BCUT2D eigenvalue weighted by Crippen LogP contribution is 2.21. The van der Waals surface area contributed by atoms with Gasteiger partial charge in [-0.05, 0) is 67.6 Å². The predicted octanol–water partition coefficient (Wildman–Crippen LogP) is 1.62. The normalized spacial score (nSPS) is 14.2. The molecule has 0 bridgehead atoms. The lowest BCUT2D eigenvalue weighted by atomic mass is 10.1. The number of carbonyl (C=O) groups excluding carboxylic acids is 2. The van der Waals surface area contributed by atoms with Gasteiger partial charge in [0.25, 0.3) is 0 Å². The minimum absolute atomic E-state index is 0.0287. The molecule has 9 heteroatoms. The predicted molar refractivity (Wildman–Crippen MR) is 116 cm³/mol. The second-order valence-corrected chi connectivity index (χ2v) is 8.80. The summed E-state index contributed by atoms with van der Waals surface area (Å²) >= 11 is 0. The maximum absolute atomic E-state index is 12.1. The van der Waals surface area contributed by atoms with Crippen LogP contribution >= 0.6 is 0 Å². The maximum atomic E-state index is 12.1. The number of hydrogen-bond donors (Lipinski definition) is 3. The molecule has 2 aromatic rings. The summed E-state index contributed by atoms with van der Waals surface area (Å²) in [6.07, 6.45) is 4.10. The van der Waals surface area contributed by atoms with Gasteiger partial charge in [0.1, 0.15) is 0 Å². The zero-order chi connectivity index (χ0) is 21.6. The molecule has 0 saturated carbocycles. The fourth-order valence-electron chi connectivity index (χ4n) is 3.34. The number of nitrogens with zero attached hydrogens (tertiary/aromatic N) is 1. The molecular formula is C21H26N4O4S. The van der Waals surface area contributed by atoms with E-state index in [2.05, 4.69) is 15.5 Å². The van der Waals surface area contributed by atoms with Crippen molar-refractivity contribution < 1.29 is 18.0 Å². The Labute approximate surface area is 176 Å². The van der Waals surface area contributed by atoms with Gasteiger partial charge in [0.2, 0.25) is 10.0 Å². The van der Waals surface area contributed by atoms with Crippen LogP contribution in [0.25, 0.3) is 0 Å². The highest BCUT2D eigenvalue weighted by Gasteiger charge is 2.14. The monoisotopic (exact) mass is 430 g/mol. The van der Waals surface area contributed by atoms with Crippen LogP contribution in [0.4, 0.5) is 11.4 Å². The number of piperidine rings is 1. The summed E-state index contributed by atoms with van der Waals surface area (Å²) in [5.41, 5.74) is 2.50. The standard InChI is InChI=1S/C21H26N4O4S/c22-30(28,29)19-10-4-16(5-11-19)12-13-23-20(26)21(27)24-17-6-8-18(9-7-17)25-14-2-1-3-15-25/h4-11H,1-3,12-15H2,(H,23,26)(H,24,27)(H2,22,28,29). The third kappa shape index (κ3) is 6.04. The molecular weight excluding hydrogens is 404 g/mol. The molecule has 1 fully saturated rings. The number of rotatable bonds is 6. The molecule has 0 spiro atoms. The molecule has 1 aliphatic heterocycles. The summed E-state index contributed by atoms with van der Waals surface area (Å²) in [5.74, 6) is -1.46. The highest BCUT2D eigenvalue weighted by molar-refractivity contribution is 7.89. The number of nitrogens with two attached hydrogens (primary N) is 1. The van der Waals surface area contributed by atoms with Gasteiger partial charge >= 0.3 is 11.8 Å². The summed E-state index contributed by atoms with van der Waals surface area (Å²) < 4.78 is 22.5. The largest absolute Gasteiger partial charge is 0.372 e. The van der Waals surface area contributed by atoms with Crippen molar-refractivity contribution in [2.75, 3.05) is 29.9 Å². The van der Waals surface area contributed by atoms with E-state index in [0.717, 1.165) is 24.3 Å². The van der Waals surface area contributed by atoms with Crippen molar-refractivity contribution in [1.82, 2.24) is 5.32 Å². The van der Waals surface area contributed by atoms with E-state index in [0.29, 0.717) is 12.1 Å². The number of primary sulfonamides is 1. The number of sulfonamides is 1. The molecule has 1 heterocycles. The smallest absolute Gasteiger partial charge is 0.313 e. The van der Waals surface area contributed by atoms with Crippen LogP contribution in [0.1, 0.15) is 24.8 Å². The molecule has 4 N–H and O–H groups in total. The summed E-state index contributed by atoms with van der Waals surface area (Å²) in [5, 5.41) is 10.2. The lowest BCUT2D eigenvalue weighted by Crippen LogP contribution is -2.36. The third-order valence-electron chi connectivity index (χ3n) is 5.00. The second-order valence-electron chi connectivity index (χ2n) is 7.24. The number of carbonyl (C=O) groups is 2. The van der Waals surface area contributed by atoms with Crippen LogP contribution in [0.15, 0.2) is 53.4 Å². The van der Waals surface area contributed by atoms with Crippen LogP contribution in [0.5, 0.6) is 0 Å². The van der Waals surface area contributed by atoms with E-state index >= 15 is 0 Å². The van der Waals surface area contributed by atoms with Gasteiger partial charge < -0.3 is 15.5 Å². The van der Waals surface area contributed by atoms with Crippen molar-refractivity contribution in [2.24, 2.45) is 5.14 Å². The molecule has 0 radical (unpaired) electrons. The van der Waals surface area contributed by atoms with Crippen molar-refractivity contribution in [2.45, 2.75) is 30.6 Å². The van der Waals surface area contributed by atoms with E-state index < -0.39 is 21.8 Å². The Morgan fingerprint density at radius 1 is 0.900 bits per heavy atom. The average Bonchev–Trinajstić information content (AvgIpc) is 2.74. The van der Waals surface area contributed by atoms with E-state index in [1.807, 2.05) is 12.1 Å². The molecule has 1 saturated heterocycles. The number of hydrogen-bond acceptors (Lipinski definition) is 5. The van der Waals surface area contributed by atoms with Crippen molar-refractivity contribution in [3.63, 3.8) is 0 Å². The number of anilines is 2. The SMILES string of the molecule is NS(=O)(=O)c1ccc(CCNC(=O)C(=O)Nc2ccc(N3CCCCC3)cc2)cc1. The second kappa shape index (κ2) is 9.73. The van der Waals surface area contributed by atoms with Crippen LogP contribution in [0.3, 0.4) is 0 Å². The van der Waals surface area contributed by atoms with Gasteiger partial charge in [-0.25, -0.2) is 13.6 Å². The molecule has 2 amide bonds. The lowest BCUT2D eigenvalue weighted by Gasteiger charge is -2.28. The van der Waals surface area contributed by atoms with Gasteiger partial charge in [-0.2, -0.15) is 0 Å². The van der Waals surface area contributed by atoms with E-state index in [9.17, 15) is 18.0 Å². The summed E-state index contributed by atoms with van der Waals surface area (Å²) in [6, 6.07) is 13.5. The first-order valence-electron chi connectivity index (χ1n) is 9.89. The molecule has 0 aliphatic carbocycles. The van der Waals surface area contributed by atoms with Crippen molar-refractivity contribution in [1.29, 1.82) is 0 Å². The van der Waals surface area contributed by atoms with Gasteiger partial charge in [-0.1, -0.05) is 12.1 Å². The Morgan fingerprint density at radius 2 is 1.53 bits per heavy atom. The van der Waals surface area contributed by atoms with Crippen LogP contribution < -0.4 is 20.7 Å². The lowest BCUT2D eigenvalue weighted by molar-refractivity contribution is -0.136. The maximum Gasteiger partial charge on any atom is 0.313 e. The highest BCUT2D eigenvalue weighted by atomic mass is 32.2. The first-order chi connectivity index (χ1) is 14.3. The zero-order valence-electron chi connectivity index (χ0n) is 16.6. The number of benzene rings is 2. The molecule has 1 aliphatic rings. The van der Waals surface area contributed by atoms with Gasteiger partial charge in [0.15, 0.2) is 0 Å². The van der Waals surface area contributed by atoms with Crippen molar-refractivity contribution >= 4 is 33.2 Å². The number of amides is 2. The molecule has 160 valence electrons. The molecule has 0 unspecified atom stereocenters. The molecule has 0 atom stereocenters. The zero-order valence-corrected chi connectivity index (χ0v) is 17.5. The van der Waals surface area contributed by atoms with Crippen LogP contribution in [-0.2, 0) is 26.0 Å². The molecule has 3 rings (SSSR count). The first kappa shape index (κ1) is 21.8. The molecule has 0 aromatic heterocycles. The fraction of sp³-hybridized carbons (Fsp3) is 0.333. The Balaban J connectivity index is 1.45. The van der Waals surface area contributed by atoms with E-state index in [4.69, 9.17) is 5.14 Å². The van der Waals surface area contributed by atoms with Crippen LogP contribution in [0, 0.1) is 0 Å². The van der Waals surface area contributed by atoms with Crippen LogP contribution in [0.2, 0.25) is 0 Å². The average molecular weight is 431 g/mol. The minimum atomic E-state index is -3.73. The molecule has 8 nitrogen and oxygen atoms in total. The van der Waals surface area contributed by atoms with Gasteiger partial charge in [0.05, 0.1) is 4.90 Å². The van der Waals surface area contributed by atoms with Gasteiger partial charge in [-0.3, -0.25) is 9.59 Å². The van der Waals surface area contributed by atoms with E-state index in [1.165, 1.54) is 31.4 Å². The Kier molecular flexibility index (Phi) is 7.07. The minimum Gasteiger partial charge on any atom is -0.372 e. The Morgan fingerprint density at radius 3 is 2.13 bits per heavy atom. The third-order valence-corrected chi connectivity index (χ3v) is 5.93. The van der Waals surface area contributed by atoms with E-state index in [1.54, 1.807) is 24.3 Å². The summed E-state index contributed by atoms with van der Waals surface area (Å²) in [7, 11) is -3.73. The quantitative estimate of drug-likeness (QED) is 0.601. The Bertz CT molecular complexity index is 983. The summed E-state index contributed by atoms with van der Waals surface area (Å²) in [4.78, 5) is 26.4. The van der Waals surface area contributed by atoms with Gasteiger partial charge in [0, 0.05) is 31.0 Å². The first-order valence-corrected chi connectivity index (χ1v) is 11.4. The molecule has 30 heavy (non-hydrogen) atoms. The van der Waals surface area contributed by atoms with E-state index in [-0.39, 0.29) is 11.4 Å². The van der Waals surface area contributed by atoms with Crippen LogP contribution in [-0.4, -0.2) is 39.9 Å². The van der Waals surface area contributed by atoms with Crippen molar-refractivity contribution in [3.05, 3.63) is 54.1 Å². The van der Waals surface area contributed by atoms with Gasteiger partial charge in [-0.15, -0.1) is 0 Å². The fourth-order valence-corrected chi connectivity index (χ4v) is 3.86. The number of nitrogens with one attached hydrogen (secondary N) is 2. The topological polar surface area (TPSA) is 122 Å².